The van der Waals surface area contributed by atoms with Gasteiger partial charge in [0.15, 0.2) is 11.6 Å². The molecule has 132 valence electrons. The van der Waals surface area contributed by atoms with Crippen molar-refractivity contribution in [3.63, 3.8) is 0 Å². The summed E-state index contributed by atoms with van der Waals surface area (Å²) in [4.78, 5) is 5.64. The summed E-state index contributed by atoms with van der Waals surface area (Å²) in [6.45, 7) is 6.86. The van der Waals surface area contributed by atoms with Crippen LogP contribution in [-0.4, -0.2) is 30.1 Å². The van der Waals surface area contributed by atoms with Crippen LogP contribution < -0.4 is 4.74 Å². The quantitative estimate of drug-likeness (QED) is 0.676. The number of benzene rings is 2. The Kier molecular flexibility index (Phi) is 5.39. The van der Waals surface area contributed by atoms with Crippen LogP contribution in [-0.2, 0) is 13.0 Å². The van der Waals surface area contributed by atoms with Gasteiger partial charge in [-0.15, -0.1) is 0 Å². The Morgan fingerprint density at radius 2 is 1.96 bits per heavy atom. The molecule has 0 aliphatic carbocycles. The van der Waals surface area contributed by atoms with Crippen LogP contribution in [0.4, 0.5) is 4.39 Å². The second kappa shape index (κ2) is 7.70. The van der Waals surface area contributed by atoms with Crippen molar-refractivity contribution in [3.05, 3.63) is 65.1 Å². The van der Waals surface area contributed by atoms with Crippen LogP contribution in [0.25, 0.3) is 10.9 Å². The topological polar surface area (TPSA) is 28.3 Å². The minimum absolute atomic E-state index is 0.289. The van der Waals surface area contributed by atoms with Crippen molar-refractivity contribution in [2.24, 2.45) is 0 Å². The highest BCUT2D eigenvalue weighted by molar-refractivity contribution is 5.87. The van der Waals surface area contributed by atoms with Gasteiger partial charge in [-0.3, -0.25) is 4.90 Å². The standard InChI is InChI=1S/C21H25FN2O/c1-4-24(14-16-8-6-5-7-9-16)11-10-17-13-23-21-15(2)20(22)19(25-3)12-18(17)21/h5-9,12-13,23H,4,10-11,14H2,1-3H3. The van der Waals surface area contributed by atoms with Crippen LogP contribution in [0.2, 0.25) is 0 Å². The molecule has 0 spiro atoms. The number of likely N-dealkylation sites (N-methyl/N-ethyl adjacent to an activating group) is 1. The van der Waals surface area contributed by atoms with Crippen molar-refractivity contribution in [1.29, 1.82) is 0 Å². The molecule has 1 aromatic heterocycles. The highest BCUT2D eigenvalue weighted by Gasteiger charge is 2.15. The Hall–Kier alpha value is -2.33. The van der Waals surface area contributed by atoms with E-state index in [9.17, 15) is 4.39 Å². The van der Waals surface area contributed by atoms with Crippen LogP contribution in [0.5, 0.6) is 5.75 Å². The Morgan fingerprint density at radius 1 is 1.20 bits per heavy atom. The largest absolute Gasteiger partial charge is 0.494 e. The first-order valence-electron chi connectivity index (χ1n) is 8.73. The summed E-state index contributed by atoms with van der Waals surface area (Å²) >= 11 is 0. The predicted octanol–water partition coefficient (Wildman–Crippen LogP) is 4.69. The van der Waals surface area contributed by atoms with E-state index in [0.717, 1.165) is 37.0 Å². The number of halogens is 1. The summed E-state index contributed by atoms with van der Waals surface area (Å²) in [5.74, 6) is 0.0187. The normalized spacial score (nSPS) is 11.4. The Bertz CT molecular complexity index is 842. The van der Waals surface area contributed by atoms with E-state index < -0.39 is 0 Å². The molecular weight excluding hydrogens is 315 g/mol. The first-order chi connectivity index (χ1) is 12.1. The predicted molar refractivity (Wildman–Crippen MR) is 101 cm³/mol. The SMILES string of the molecule is CCN(CCc1c[nH]c2c(C)c(F)c(OC)cc12)Cc1ccccc1. The third-order valence-corrected chi connectivity index (χ3v) is 4.82. The third kappa shape index (κ3) is 3.69. The molecule has 0 saturated heterocycles. The molecule has 3 aromatic rings. The first-order valence-corrected chi connectivity index (χ1v) is 8.73. The molecule has 0 aliphatic heterocycles. The van der Waals surface area contributed by atoms with Crippen molar-refractivity contribution in [2.45, 2.75) is 26.8 Å². The molecule has 0 amide bonds. The number of rotatable bonds is 7. The molecular formula is C21H25FN2O. The first kappa shape index (κ1) is 17.5. The number of H-pyrrole nitrogens is 1. The molecule has 4 heteroatoms. The van der Waals surface area contributed by atoms with Gasteiger partial charge >= 0.3 is 0 Å². The number of hydrogen-bond donors (Lipinski definition) is 1. The van der Waals surface area contributed by atoms with E-state index in [4.69, 9.17) is 4.74 Å². The number of aryl methyl sites for hydroxylation is 1. The number of fused-ring (bicyclic) bond motifs is 1. The van der Waals surface area contributed by atoms with Crippen LogP contribution >= 0.6 is 0 Å². The van der Waals surface area contributed by atoms with Gasteiger partial charge in [-0.1, -0.05) is 37.3 Å². The van der Waals surface area contributed by atoms with E-state index in [1.54, 1.807) is 13.0 Å². The molecule has 1 N–H and O–H groups in total. The summed E-state index contributed by atoms with van der Waals surface area (Å²) < 4.78 is 19.4. The average Bonchev–Trinajstić information content (AvgIpc) is 3.05. The molecule has 0 atom stereocenters. The molecule has 1 heterocycles. The van der Waals surface area contributed by atoms with E-state index in [1.807, 2.05) is 12.3 Å². The summed E-state index contributed by atoms with van der Waals surface area (Å²) in [6, 6.07) is 12.3. The molecule has 2 aromatic carbocycles. The fourth-order valence-electron chi connectivity index (χ4n) is 3.26. The highest BCUT2D eigenvalue weighted by Crippen LogP contribution is 2.31. The van der Waals surface area contributed by atoms with Crippen LogP contribution in [0.15, 0.2) is 42.6 Å². The smallest absolute Gasteiger partial charge is 0.170 e. The maximum atomic E-state index is 14.2. The molecule has 0 fully saturated rings. The maximum absolute atomic E-state index is 14.2. The van der Waals surface area contributed by atoms with Crippen LogP contribution in [0.3, 0.4) is 0 Å². The minimum Gasteiger partial charge on any atom is -0.494 e. The molecule has 0 radical (unpaired) electrons. The zero-order chi connectivity index (χ0) is 17.8. The number of aromatic amines is 1. The van der Waals surface area contributed by atoms with Gasteiger partial charge in [-0.2, -0.15) is 0 Å². The number of aromatic nitrogens is 1. The summed E-state index contributed by atoms with van der Waals surface area (Å²) in [5.41, 5.74) is 3.99. The van der Waals surface area contributed by atoms with Crippen molar-refractivity contribution in [1.82, 2.24) is 9.88 Å². The fourth-order valence-corrected chi connectivity index (χ4v) is 3.26. The monoisotopic (exact) mass is 340 g/mol. The average molecular weight is 340 g/mol. The molecule has 0 aliphatic rings. The van der Waals surface area contributed by atoms with Gasteiger partial charge in [0, 0.05) is 30.2 Å². The van der Waals surface area contributed by atoms with E-state index in [2.05, 4.69) is 41.1 Å². The van der Waals surface area contributed by atoms with Crippen LogP contribution in [0, 0.1) is 12.7 Å². The van der Waals surface area contributed by atoms with Gasteiger partial charge < -0.3 is 9.72 Å². The molecule has 0 unspecified atom stereocenters. The molecule has 3 nitrogen and oxygen atoms in total. The van der Waals surface area contributed by atoms with Crippen molar-refractivity contribution in [3.8, 4) is 5.75 Å². The highest BCUT2D eigenvalue weighted by atomic mass is 19.1. The molecule has 25 heavy (non-hydrogen) atoms. The Balaban J connectivity index is 1.77. The Morgan fingerprint density at radius 3 is 2.64 bits per heavy atom. The van der Waals surface area contributed by atoms with Crippen molar-refractivity contribution in [2.75, 3.05) is 20.2 Å². The molecule has 0 bridgehead atoms. The third-order valence-electron chi connectivity index (χ3n) is 4.82. The fraction of sp³-hybridized carbons (Fsp3) is 0.333. The molecule has 0 saturated carbocycles. The van der Waals surface area contributed by atoms with E-state index >= 15 is 0 Å². The van der Waals surface area contributed by atoms with Gasteiger partial charge in [-0.25, -0.2) is 4.39 Å². The minimum atomic E-state index is -0.289. The van der Waals surface area contributed by atoms with Gasteiger partial charge in [0.2, 0.25) is 0 Å². The molecule has 3 rings (SSSR count). The van der Waals surface area contributed by atoms with E-state index in [0.29, 0.717) is 11.3 Å². The number of nitrogens with one attached hydrogen (secondary N) is 1. The van der Waals surface area contributed by atoms with Crippen molar-refractivity contribution >= 4 is 10.9 Å². The second-order valence-electron chi connectivity index (χ2n) is 6.36. The van der Waals surface area contributed by atoms with Gasteiger partial charge in [0.25, 0.3) is 0 Å². The van der Waals surface area contributed by atoms with Gasteiger partial charge in [-0.05, 0) is 37.1 Å². The van der Waals surface area contributed by atoms with Crippen molar-refractivity contribution < 1.29 is 9.13 Å². The second-order valence-corrected chi connectivity index (χ2v) is 6.36. The maximum Gasteiger partial charge on any atom is 0.170 e. The summed E-state index contributed by atoms with van der Waals surface area (Å²) in [7, 11) is 1.51. The zero-order valence-electron chi connectivity index (χ0n) is 15.1. The van der Waals surface area contributed by atoms with Gasteiger partial charge in [0.05, 0.1) is 12.6 Å². The number of nitrogens with zero attached hydrogens (tertiary/aromatic N) is 1. The zero-order valence-corrected chi connectivity index (χ0v) is 15.1. The lowest BCUT2D eigenvalue weighted by Crippen LogP contribution is -2.25. The number of methoxy groups -OCH3 is 1. The lowest BCUT2D eigenvalue weighted by Gasteiger charge is -2.20. The van der Waals surface area contributed by atoms with E-state index in [-0.39, 0.29) is 5.82 Å². The van der Waals surface area contributed by atoms with Crippen LogP contribution in [0.1, 0.15) is 23.6 Å². The number of hydrogen-bond acceptors (Lipinski definition) is 2. The summed E-state index contributed by atoms with van der Waals surface area (Å²) in [5, 5.41) is 1.05. The summed E-state index contributed by atoms with van der Waals surface area (Å²) in [6.07, 6.45) is 2.90. The van der Waals surface area contributed by atoms with E-state index in [1.165, 1.54) is 18.2 Å². The van der Waals surface area contributed by atoms with Gasteiger partial charge in [0.1, 0.15) is 0 Å². The lowest BCUT2D eigenvalue weighted by molar-refractivity contribution is 0.284. The number of ether oxygens (including phenoxy) is 1. The lowest BCUT2D eigenvalue weighted by atomic mass is 10.1. The Labute approximate surface area is 148 Å².